The molecule has 0 aromatic heterocycles. The van der Waals surface area contributed by atoms with Crippen LogP contribution in [0, 0.1) is 5.82 Å². The fourth-order valence-corrected chi connectivity index (χ4v) is 1.27. The number of anilines is 1. The van der Waals surface area contributed by atoms with Crippen LogP contribution in [0.1, 0.15) is 6.42 Å². The first kappa shape index (κ1) is 13.1. The Kier molecular flexibility index (Phi) is 4.17. The van der Waals surface area contributed by atoms with Crippen molar-refractivity contribution in [3.63, 3.8) is 0 Å². The number of rotatable bonds is 4. The van der Waals surface area contributed by atoms with Gasteiger partial charge in [0.1, 0.15) is 11.9 Å². The number of benzene rings is 1. The van der Waals surface area contributed by atoms with Crippen LogP contribution >= 0.6 is 0 Å². The minimum absolute atomic E-state index is 0.0927. The zero-order chi connectivity index (χ0) is 13.0. The maximum Gasteiger partial charge on any atom is 0.321 e. The Morgan fingerprint density at radius 3 is 2.59 bits per heavy atom. The molecule has 0 spiro atoms. The van der Waals surface area contributed by atoms with E-state index in [1.54, 1.807) is 6.07 Å². The lowest BCUT2D eigenvalue weighted by Gasteiger charge is -2.18. The predicted octanol–water partition coefficient (Wildman–Crippen LogP) is 0.591. The molecule has 1 rings (SSSR count). The number of hydrogen-bond donors (Lipinski definition) is 2. The van der Waals surface area contributed by atoms with Gasteiger partial charge in [-0.2, -0.15) is 0 Å². The lowest BCUT2D eigenvalue weighted by molar-refractivity contribution is -0.140. The van der Waals surface area contributed by atoms with Crippen LogP contribution in [0.3, 0.4) is 0 Å². The molecule has 0 saturated heterocycles. The van der Waals surface area contributed by atoms with Gasteiger partial charge in [0, 0.05) is 7.05 Å². The zero-order valence-corrected chi connectivity index (χ0v) is 9.26. The third-order valence-electron chi connectivity index (χ3n) is 2.30. The number of carbonyl (C=O) groups excluding carboxylic acids is 1. The van der Waals surface area contributed by atoms with Crippen LogP contribution in [0.2, 0.25) is 0 Å². The molecule has 0 fully saturated rings. The molecule has 0 saturated carbocycles. The van der Waals surface area contributed by atoms with Crippen molar-refractivity contribution in [1.82, 2.24) is 0 Å². The minimum Gasteiger partial charge on any atom is -0.480 e. The molecule has 1 aromatic rings. The number of nitrogens with zero attached hydrogens (tertiary/aromatic N) is 1. The number of carbonyl (C=O) groups is 2. The highest BCUT2D eigenvalue weighted by molar-refractivity contribution is 5.95. The molecular formula is C11H13FN2O3. The summed E-state index contributed by atoms with van der Waals surface area (Å²) in [6.45, 7) is 0. The molecule has 0 aliphatic carbocycles. The summed E-state index contributed by atoms with van der Waals surface area (Å²) < 4.78 is 13.4. The molecule has 17 heavy (non-hydrogen) atoms. The molecule has 92 valence electrons. The Balaban J connectivity index is 2.77. The number of carboxylic acids is 1. The number of carboxylic acid groups (broad SMARTS) is 1. The topological polar surface area (TPSA) is 83.6 Å². The minimum atomic E-state index is -1.28. The number of aliphatic carboxylic acids is 1. The Hall–Kier alpha value is -1.95. The Labute approximate surface area is 97.6 Å². The summed E-state index contributed by atoms with van der Waals surface area (Å²) in [4.78, 5) is 23.2. The molecule has 1 aromatic carbocycles. The van der Waals surface area contributed by atoms with Crippen molar-refractivity contribution in [2.45, 2.75) is 12.5 Å². The smallest absolute Gasteiger partial charge is 0.321 e. The van der Waals surface area contributed by atoms with Crippen molar-refractivity contribution in [3.8, 4) is 0 Å². The molecule has 3 N–H and O–H groups in total. The molecule has 0 bridgehead atoms. The van der Waals surface area contributed by atoms with Crippen molar-refractivity contribution >= 4 is 17.6 Å². The molecule has 0 aliphatic rings. The van der Waals surface area contributed by atoms with Crippen molar-refractivity contribution in [2.24, 2.45) is 5.73 Å². The van der Waals surface area contributed by atoms with E-state index in [1.165, 1.54) is 25.2 Å². The first-order valence-electron chi connectivity index (χ1n) is 4.93. The maximum atomic E-state index is 13.4. The number of amides is 1. The Morgan fingerprint density at radius 2 is 2.06 bits per heavy atom. The number of para-hydroxylation sites is 1. The summed E-state index contributed by atoms with van der Waals surface area (Å²) in [5.74, 6) is -2.36. The molecule has 1 atom stereocenters. The van der Waals surface area contributed by atoms with Crippen LogP contribution < -0.4 is 10.6 Å². The van der Waals surface area contributed by atoms with E-state index in [1.807, 2.05) is 0 Å². The van der Waals surface area contributed by atoms with Gasteiger partial charge in [0.25, 0.3) is 0 Å². The van der Waals surface area contributed by atoms with Gasteiger partial charge < -0.3 is 15.7 Å². The Bertz CT molecular complexity index is 436. The van der Waals surface area contributed by atoms with Crippen LogP contribution in [-0.4, -0.2) is 30.1 Å². The van der Waals surface area contributed by atoms with E-state index in [0.29, 0.717) is 0 Å². The lowest BCUT2D eigenvalue weighted by atomic mass is 10.2. The SMILES string of the molecule is CN(C(=O)CC(N)C(=O)O)c1ccccc1F. The van der Waals surface area contributed by atoms with E-state index in [2.05, 4.69) is 0 Å². The maximum absolute atomic E-state index is 13.4. The van der Waals surface area contributed by atoms with Crippen molar-refractivity contribution < 1.29 is 19.1 Å². The monoisotopic (exact) mass is 240 g/mol. The number of nitrogens with two attached hydrogens (primary N) is 1. The fraction of sp³-hybridized carbons (Fsp3) is 0.273. The van der Waals surface area contributed by atoms with Crippen LogP contribution in [0.5, 0.6) is 0 Å². The Morgan fingerprint density at radius 1 is 1.47 bits per heavy atom. The van der Waals surface area contributed by atoms with Crippen LogP contribution in [-0.2, 0) is 9.59 Å². The van der Waals surface area contributed by atoms with Gasteiger partial charge >= 0.3 is 5.97 Å². The van der Waals surface area contributed by atoms with E-state index in [9.17, 15) is 14.0 Å². The molecule has 1 unspecified atom stereocenters. The second kappa shape index (κ2) is 5.40. The largest absolute Gasteiger partial charge is 0.480 e. The van der Waals surface area contributed by atoms with Gasteiger partial charge in [-0.05, 0) is 12.1 Å². The van der Waals surface area contributed by atoms with E-state index < -0.39 is 23.7 Å². The van der Waals surface area contributed by atoms with Crippen LogP contribution in [0.4, 0.5) is 10.1 Å². The summed E-state index contributed by atoms with van der Waals surface area (Å²) >= 11 is 0. The van der Waals surface area contributed by atoms with E-state index in [-0.39, 0.29) is 12.1 Å². The highest BCUT2D eigenvalue weighted by Crippen LogP contribution is 2.17. The standard InChI is InChI=1S/C11H13FN2O3/c1-14(9-5-3-2-4-7(9)12)10(15)6-8(13)11(16)17/h2-5,8H,6,13H2,1H3,(H,16,17). The van der Waals surface area contributed by atoms with Gasteiger partial charge in [-0.25, -0.2) is 4.39 Å². The zero-order valence-electron chi connectivity index (χ0n) is 9.26. The average Bonchev–Trinajstić information content (AvgIpc) is 2.28. The van der Waals surface area contributed by atoms with Gasteiger partial charge in [-0.3, -0.25) is 9.59 Å². The first-order valence-corrected chi connectivity index (χ1v) is 4.93. The average molecular weight is 240 g/mol. The third kappa shape index (κ3) is 3.25. The quantitative estimate of drug-likeness (QED) is 0.806. The van der Waals surface area contributed by atoms with Gasteiger partial charge in [0.05, 0.1) is 12.1 Å². The summed E-state index contributed by atoms with van der Waals surface area (Å²) in [6.07, 6.45) is -0.375. The van der Waals surface area contributed by atoms with E-state index in [4.69, 9.17) is 10.8 Å². The fourth-order valence-electron chi connectivity index (χ4n) is 1.27. The highest BCUT2D eigenvalue weighted by atomic mass is 19.1. The van der Waals surface area contributed by atoms with Crippen LogP contribution in [0.15, 0.2) is 24.3 Å². The summed E-state index contributed by atoms with van der Waals surface area (Å²) in [5.41, 5.74) is 5.32. The summed E-state index contributed by atoms with van der Waals surface area (Å²) in [5, 5.41) is 8.57. The van der Waals surface area contributed by atoms with Gasteiger partial charge in [-0.15, -0.1) is 0 Å². The van der Waals surface area contributed by atoms with Crippen molar-refractivity contribution in [1.29, 1.82) is 0 Å². The molecule has 6 heteroatoms. The molecule has 5 nitrogen and oxygen atoms in total. The highest BCUT2D eigenvalue weighted by Gasteiger charge is 2.21. The predicted molar refractivity (Wildman–Crippen MR) is 60.0 cm³/mol. The summed E-state index contributed by atoms with van der Waals surface area (Å²) in [6, 6.07) is 4.45. The lowest BCUT2D eigenvalue weighted by Crippen LogP contribution is -2.38. The number of hydrogen-bond acceptors (Lipinski definition) is 3. The number of halogens is 1. The van der Waals surface area contributed by atoms with Gasteiger partial charge in [0.15, 0.2) is 0 Å². The molecule has 1 amide bonds. The second-order valence-corrected chi connectivity index (χ2v) is 3.55. The first-order chi connectivity index (χ1) is 7.93. The molecule has 0 heterocycles. The molecule has 0 aliphatic heterocycles. The normalized spacial score (nSPS) is 11.9. The molecular weight excluding hydrogens is 227 g/mol. The van der Waals surface area contributed by atoms with Crippen molar-refractivity contribution in [2.75, 3.05) is 11.9 Å². The molecule has 0 radical (unpaired) electrons. The summed E-state index contributed by atoms with van der Waals surface area (Å²) in [7, 11) is 1.37. The van der Waals surface area contributed by atoms with E-state index >= 15 is 0 Å². The third-order valence-corrected chi connectivity index (χ3v) is 2.30. The van der Waals surface area contributed by atoms with E-state index in [0.717, 1.165) is 4.90 Å². The van der Waals surface area contributed by atoms with Crippen molar-refractivity contribution in [3.05, 3.63) is 30.1 Å². The second-order valence-electron chi connectivity index (χ2n) is 3.55. The van der Waals surface area contributed by atoms with Gasteiger partial charge in [0.2, 0.25) is 5.91 Å². The van der Waals surface area contributed by atoms with Gasteiger partial charge in [-0.1, -0.05) is 12.1 Å². The van der Waals surface area contributed by atoms with Crippen LogP contribution in [0.25, 0.3) is 0 Å².